The van der Waals surface area contributed by atoms with Crippen LogP contribution in [0.5, 0.6) is 11.5 Å². The Labute approximate surface area is 230 Å². The number of benzene rings is 1. The fraction of sp³-hybridized carbons (Fsp3) is 0.750. The van der Waals surface area contributed by atoms with E-state index in [1.165, 1.54) is 0 Å². The summed E-state index contributed by atoms with van der Waals surface area (Å²) in [4.78, 5) is 0. The van der Waals surface area contributed by atoms with Crippen LogP contribution in [0.2, 0.25) is 0 Å². The van der Waals surface area contributed by atoms with Gasteiger partial charge in [0, 0.05) is 0 Å². The van der Waals surface area contributed by atoms with Gasteiger partial charge in [-0.2, -0.15) is 0 Å². The van der Waals surface area contributed by atoms with Crippen molar-refractivity contribution in [2.75, 3.05) is 65.6 Å². The lowest BCUT2D eigenvalue weighted by atomic mass is 10.2. The molecule has 2 unspecified atom stereocenters. The molecule has 32 heavy (non-hydrogen) atoms. The number of nitrogens with zero attached hydrogens (tertiary/aromatic N) is 2. The Balaban J connectivity index is 0. The quantitative estimate of drug-likeness (QED) is 0.144. The van der Waals surface area contributed by atoms with Gasteiger partial charge in [0.1, 0.15) is 50.0 Å². The first-order chi connectivity index (χ1) is 14.3. The molecule has 1 rings (SSSR count). The predicted octanol–water partition coefficient (Wildman–Crippen LogP) is -3.07. The van der Waals surface area contributed by atoms with Crippen LogP contribution in [0.15, 0.2) is 24.3 Å². The minimum atomic E-state index is -0.495. The second-order valence-electron chi connectivity index (χ2n) is 8.35. The summed E-state index contributed by atoms with van der Waals surface area (Å²) in [7, 11) is 0. The van der Waals surface area contributed by atoms with Crippen molar-refractivity contribution in [3.63, 3.8) is 0 Å². The molecule has 0 saturated heterocycles. The first kappa shape index (κ1) is 34.3. The molecule has 0 bridgehead atoms. The Morgan fingerprint density at radius 2 is 0.844 bits per heavy atom. The molecule has 190 valence electrons. The molecule has 1 aromatic rings. The van der Waals surface area contributed by atoms with E-state index in [0.29, 0.717) is 24.6 Å². The van der Waals surface area contributed by atoms with Crippen LogP contribution >= 0.6 is 0 Å². The van der Waals surface area contributed by atoms with Crippen LogP contribution in [0.4, 0.5) is 0 Å². The number of rotatable bonds is 16. The van der Waals surface area contributed by atoms with Crippen molar-refractivity contribution in [3.05, 3.63) is 24.3 Å². The Kier molecular flexibility index (Phi) is 18.8. The van der Waals surface area contributed by atoms with E-state index in [1.54, 1.807) is 0 Å². The molecule has 0 heterocycles. The van der Waals surface area contributed by atoms with Gasteiger partial charge in [0.15, 0.2) is 0 Å². The standard InChI is InChI=1S/C24H46N2O4.2HI/c1-7-25(8-2,9-3)17-21(27)19-29-23-13-15-24(16-14-23)30-20-22(28)18-26(10-4,11-5)12-6;;/h13-16,21-22,27-28H,7-12,17-20H2,1-6H3;2*1H/q+2;;/p-2. The minimum absolute atomic E-state index is 0. The maximum atomic E-state index is 10.4. The van der Waals surface area contributed by atoms with Crippen molar-refractivity contribution in [3.8, 4) is 11.5 Å². The van der Waals surface area contributed by atoms with Gasteiger partial charge < -0.3 is 76.6 Å². The molecule has 6 nitrogen and oxygen atoms in total. The summed E-state index contributed by atoms with van der Waals surface area (Å²) < 4.78 is 13.3. The molecule has 2 atom stereocenters. The van der Waals surface area contributed by atoms with Crippen LogP contribution < -0.4 is 57.4 Å². The zero-order valence-corrected chi connectivity index (χ0v) is 25.2. The van der Waals surface area contributed by atoms with Crippen molar-refractivity contribution in [2.45, 2.75) is 53.8 Å². The molecule has 0 aromatic heterocycles. The maximum Gasteiger partial charge on any atom is 0.137 e. The van der Waals surface area contributed by atoms with Crippen LogP contribution in [0.1, 0.15) is 41.5 Å². The van der Waals surface area contributed by atoms with Crippen LogP contribution in [0.25, 0.3) is 0 Å². The Morgan fingerprint density at radius 1 is 0.594 bits per heavy atom. The van der Waals surface area contributed by atoms with E-state index in [9.17, 15) is 10.2 Å². The Hall–Kier alpha value is 0.120. The zero-order chi connectivity index (χ0) is 22.6. The smallest absolute Gasteiger partial charge is 0.137 e. The van der Waals surface area contributed by atoms with Gasteiger partial charge in [-0.25, -0.2) is 0 Å². The molecule has 2 N–H and O–H groups in total. The van der Waals surface area contributed by atoms with Crippen molar-refractivity contribution in [1.29, 1.82) is 0 Å². The normalized spacial score (nSPS) is 13.5. The fourth-order valence-corrected chi connectivity index (χ4v) is 4.13. The van der Waals surface area contributed by atoms with Gasteiger partial charge in [0.25, 0.3) is 0 Å². The van der Waals surface area contributed by atoms with Crippen LogP contribution in [-0.4, -0.2) is 97.0 Å². The highest BCUT2D eigenvalue weighted by Crippen LogP contribution is 2.19. The van der Waals surface area contributed by atoms with Gasteiger partial charge >= 0.3 is 0 Å². The number of aliphatic hydroxyl groups excluding tert-OH is 2. The van der Waals surface area contributed by atoms with Gasteiger partial charge in [-0.05, 0) is 65.8 Å². The first-order valence-corrected chi connectivity index (χ1v) is 11.7. The SMILES string of the molecule is CC[N+](CC)(CC)CC(O)COc1ccc(OCC(O)C[N+](CC)(CC)CC)cc1.[I-].[I-]. The summed E-state index contributed by atoms with van der Waals surface area (Å²) >= 11 is 0. The fourth-order valence-electron chi connectivity index (χ4n) is 4.13. The first-order valence-electron chi connectivity index (χ1n) is 11.7. The summed E-state index contributed by atoms with van der Waals surface area (Å²) in [5.74, 6) is 1.42. The zero-order valence-electron chi connectivity index (χ0n) is 20.9. The third kappa shape index (κ3) is 11.0. The number of quaternary nitrogens is 2. The number of hydrogen-bond donors (Lipinski definition) is 2. The van der Waals surface area contributed by atoms with Crippen molar-refractivity contribution >= 4 is 0 Å². The lowest BCUT2D eigenvalue weighted by molar-refractivity contribution is -0.926. The lowest BCUT2D eigenvalue weighted by Gasteiger charge is -2.37. The molecule has 1 aromatic carbocycles. The summed E-state index contributed by atoms with van der Waals surface area (Å²) in [5, 5.41) is 20.8. The molecule has 0 radical (unpaired) electrons. The van der Waals surface area contributed by atoms with Gasteiger partial charge in [-0.3, -0.25) is 0 Å². The van der Waals surface area contributed by atoms with Crippen molar-refractivity contribution < 1.29 is 76.6 Å². The molecule has 0 aliphatic heterocycles. The number of aliphatic hydroxyl groups is 2. The van der Waals surface area contributed by atoms with Gasteiger partial charge in [-0.15, -0.1) is 0 Å². The number of halogens is 2. The van der Waals surface area contributed by atoms with Crippen LogP contribution in [0, 0.1) is 0 Å². The van der Waals surface area contributed by atoms with E-state index in [0.717, 1.165) is 48.2 Å². The number of ether oxygens (including phenoxy) is 2. The summed E-state index contributed by atoms with van der Waals surface area (Å²) in [6, 6.07) is 7.39. The largest absolute Gasteiger partial charge is 1.00 e. The number of likely N-dealkylation sites (N-methyl/N-ethyl adjacent to an activating group) is 2. The number of hydrogen-bond acceptors (Lipinski definition) is 4. The molecule has 0 aliphatic rings. The molecule has 0 fully saturated rings. The lowest BCUT2D eigenvalue weighted by Crippen LogP contribution is -3.00. The van der Waals surface area contributed by atoms with E-state index in [-0.39, 0.29) is 61.2 Å². The monoisotopic (exact) mass is 680 g/mol. The Bertz CT molecular complexity index is 514. The molecular weight excluding hydrogens is 634 g/mol. The second kappa shape index (κ2) is 17.5. The topological polar surface area (TPSA) is 58.9 Å². The molecule has 0 aliphatic carbocycles. The average molecular weight is 680 g/mol. The molecule has 8 heteroatoms. The highest BCUT2D eigenvalue weighted by molar-refractivity contribution is 5.31. The maximum absolute atomic E-state index is 10.4. The van der Waals surface area contributed by atoms with Gasteiger partial charge in [0.05, 0.1) is 39.3 Å². The van der Waals surface area contributed by atoms with Crippen LogP contribution in [0.3, 0.4) is 0 Å². The van der Waals surface area contributed by atoms with E-state index >= 15 is 0 Å². The van der Waals surface area contributed by atoms with E-state index in [1.807, 2.05) is 24.3 Å². The van der Waals surface area contributed by atoms with Gasteiger partial charge in [-0.1, -0.05) is 0 Å². The van der Waals surface area contributed by atoms with Crippen molar-refractivity contribution in [2.24, 2.45) is 0 Å². The molecule has 0 spiro atoms. The summed E-state index contributed by atoms with van der Waals surface area (Å²) in [6.45, 7) is 21.0. The highest BCUT2D eigenvalue weighted by atomic mass is 127. The van der Waals surface area contributed by atoms with Gasteiger partial charge in [0.2, 0.25) is 0 Å². The summed E-state index contributed by atoms with van der Waals surface area (Å²) in [5.41, 5.74) is 0. The second-order valence-corrected chi connectivity index (χ2v) is 8.35. The molecule has 0 saturated carbocycles. The third-order valence-corrected chi connectivity index (χ3v) is 6.93. The van der Waals surface area contributed by atoms with Crippen molar-refractivity contribution in [1.82, 2.24) is 0 Å². The van der Waals surface area contributed by atoms with E-state index in [2.05, 4.69) is 41.5 Å². The Morgan fingerprint density at radius 3 is 1.06 bits per heavy atom. The molecular formula is C24H46I2N2O4. The third-order valence-electron chi connectivity index (χ3n) is 6.93. The average Bonchev–Trinajstić information content (AvgIpc) is 2.79. The van der Waals surface area contributed by atoms with Crippen LogP contribution in [-0.2, 0) is 0 Å². The predicted molar refractivity (Wildman–Crippen MR) is 123 cm³/mol. The van der Waals surface area contributed by atoms with E-state index < -0.39 is 12.2 Å². The highest BCUT2D eigenvalue weighted by Gasteiger charge is 2.26. The summed E-state index contributed by atoms with van der Waals surface area (Å²) in [6.07, 6.45) is -0.991. The van der Waals surface area contributed by atoms with E-state index in [4.69, 9.17) is 9.47 Å². The minimum Gasteiger partial charge on any atom is -1.00 e. The molecule has 0 amide bonds.